The van der Waals surface area contributed by atoms with Gasteiger partial charge in [-0.3, -0.25) is 0 Å². The summed E-state index contributed by atoms with van der Waals surface area (Å²) in [6.45, 7) is 1.01. The molecule has 0 aromatic heterocycles. The van der Waals surface area contributed by atoms with Crippen molar-refractivity contribution in [2.24, 2.45) is 0 Å². The van der Waals surface area contributed by atoms with Gasteiger partial charge in [-0.1, -0.05) is 31.0 Å². The first kappa shape index (κ1) is 10.2. The first-order valence-corrected chi connectivity index (χ1v) is 5.69. The Hall–Kier alpha value is -1.31. The van der Waals surface area contributed by atoms with Gasteiger partial charge in [0.05, 0.1) is 6.04 Å². The van der Waals surface area contributed by atoms with Crippen molar-refractivity contribution in [3.8, 4) is 0 Å². The van der Waals surface area contributed by atoms with Crippen LogP contribution < -0.4 is 4.90 Å². The molecule has 15 heavy (non-hydrogen) atoms. The summed E-state index contributed by atoms with van der Waals surface area (Å²) >= 11 is 0. The van der Waals surface area contributed by atoms with Gasteiger partial charge in [-0.2, -0.15) is 0 Å². The Balaban J connectivity index is 2.20. The number of benzene rings is 1. The number of aldehydes is 1. The molecular weight excluding hydrogens is 186 g/mol. The minimum atomic E-state index is 0.0786. The monoisotopic (exact) mass is 203 g/mol. The molecule has 2 rings (SSSR count). The Morgan fingerprint density at radius 2 is 1.93 bits per heavy atom. The second-order valence-electron chi connectivity index (χ2n) is 4.08. The van der Waals surface area contributed by atoms with Gasteiger partial charge in [-0.05, 0) is 25.0 Å². The first-order chi connectivity index (χ1) is 7.42. The molecule has 2 nitrogen and oxygen atoms in total. The van der Waals surface area contributed by atoms with Gasteiger partial charge < -0.3 is 9.69 Å². The highest BCUT2D eigenvalue weighted by Crippen LogP contribution is 2.22. The number of nitrogens with zero attached hydrogens (tertiary/aromatic N) is 1. The van der Waals surface area contributed by atoms with Gasteiger partial charge in [0.2, 0.25) is 0 Å². The van der Waals surface area contributed by atoms with E-state index in [1.165, 1.54) is 24.9 Å². The lowest BCUT2D eigenvalue weighted by Gasteiger charge is -2.28. The molecule has 0 bridgehead atoms. The molecule has 1 atom stereocenters. The number of carbonyl (C=O) groups is 1. The number of rotatable bonds is 2. The highest BCUT2D eigenvalue weighted by molar-refractivity contribution is 5.66. The summed E-state index contributed by atoms with van der Waals surface area (Å²) in [4.78, 5) is 13.3. The Kier molecular flexibility index (Phi) is 3.38. The van der Waals surface area contributed by atoms with Crippen LogP contribution in [0.1, 0.15) is 25.7 Å². The summed E-state index contributed by atoms with van der Waals surface area (Å²) in [5.74, 6) is 0. The lowest BCUT2D eigenvalue weighted by atomic mass is 10.1. The van der Waals surface area contributed by atoms with E-state index in [0.717, 1.165) is 19.3 Å². The second-order valence-corrected chi connectivity index (χ2v) is 4.08. The number of hydrogen-bond acceptors (Lipinski definition) is 2. The molecule has 1 heterocycles. The van der Waals surface area contributed by atoms with Gasteiger partial charge >= 0.3 is 0 Å². The minimum absolute atomic E-state index is 0.0786. The van der Waals surface area contributed by atoms with E-state index in [-0.39, 0.29) is 6.04 Å². The van der Waals surface area contributed by atoms with Gasteiger partial charge in [0.1, 0.15) is 6.29 Å². The molecule has 0 aliphatic carbocycles. The molecule has 0 amide bonds. The molecule has 0 saturated carbocycles. The van der Waals surface area contributed by atoms with Gasteiger partial charge in [-0.15, -0.1) is 0 Å². The summed E-state index contributed by atoms with van der Waals surface area (Å²) in [7, 11) is 0. The topological polar surface area (TPSA) is 20.3 Å². The molecule has 2 heteroatoms. The van der Waals surface area contributed by atoms with Crippen LogP contribution in [0, 0.1) is 0 Å². The van der Waals surface area contributed by atoms with Crippen molar-refractivity contribution < 1.29 is 4.79 Å². The molecule has 1 fully saturated rings. The largest absolute Gasteiger partial charge is 0.362 e. The molecule has 0 spiro atoms. The van der Waals surface area contributed by atoms with Crippen LogP contribution in [-0.2, 0) is 4.79 Å². The predicted molar refractivity (Wildman–Crippen MR) is 62.1 cm³/mol. The highest BCUT2D eigenvalue weighted by atomic mass is 16.1. The van der Waals surface area contributed by atoms with E-state index in [4.69, 9.17) is 0 Å². The molecule has 0 N–H and O–H groups in total. The molecule has 1 aromatic carbocycles. The van der Waals surface area contributed by atoms with Crippen molar-refractivity contribution in [1.29, 1.82) is 0 Å². The van der Waals surface area contributed by atoms with E-state index >= 15 is 0 Å². The lowest BCUT2D eigenvalue weighted by Crippen LogP contribution is -2.35. The van der Waals surface area contributed by atoms with E-state index in [1.807, 2.05) is 18.2 Å². The van der Waals surface area contributed by atoms with Crippen LogP contribution in [0.3, 0.4) is 0 Å². The average Bonchev–Trinajstić information content (AvgIpc) is 2.55. The quantitative estimate of drug-likeness (QED) is 0.689. The third kappa shape index (κ3) is 2.38. The summed E-state index contributed by atoms with van der Waals surface area (Å²) in [6.07, 6.45) is 5.70. The zero-order valence-corrected chi connectivity index (χ0v) is 8.93. The number of carbonyl (C=O) groups excluding carboxylic acids is 1. The fraction of sp³-hybridized carbons (Fsp3) is 0.462. The maximum atomic E-state index is 11.1. The van der Waals surface area contributed by atoms with Crippen molar-refractivity contribution in [1.82, 2.24) is 0 Å². The average molecular weight is 203 g/mol. The van der Waals surface area contributed by atoms with Gasteiger partial charge in [0.15, 0.2) is 0 Å². The molecular formula is C13H17NO. The van der Waals surface area contributed by atoms with Crippen LogP contribution >= 0.6 is 0 Å². The Morgan fingerprint density at radius 3 is 2.67 bits per heavy atom. The molecule has 0 radical (unpaired) electrons. The van der Waals surface area contributed by atoms with E-state index in [1.54, 1.807) is 0 Å². The standard InChI is InChI=1S/C13H17NO/c15-11-13-9-5-2-6-10-14(13)12-7-3-1-4-8-12/h1,3-4,7-8,11,13H,2,5-6,9-10H2. The van der Waals surface area contributed by atoms with Crippen LogP contribution in [0.15, 0.2) is 30.3 Å². The SMILES string of the molecule is O=CC1CCCCCN1c1ccccc1. The van der Waals surface area contributed by atoms with Crippen molar-refractivity contribution in [2.75, 3.05) is 11.4 Å². The molecule has 80 valence electrons. The summed E-state index contributed by atoms with van der Waals surface area (Å²) in [6, 6.07) is 10.3. The number of hydrogen-bond donors (Lipinski definition) is 0. The lowest BCUT2D eigenvalue weighted by molar-refractivity contribution is -0.109. The maximum Gasteiger partial charge on any atom is 0.142 e. The third-order valence-corrected chi connectivity index (χ3v) is 3.04. The van der Waals surface area contributed by atoms with Gasteiger partial charge in [0, 0.05) is 12.2 Å². The van der Waals surface area contributed by atoms with Crippen molar-refractivity contribution in [2.45, 2.75) is 31.7 Å². The molecule has 1 unspecified atom stereocenters. The zero-order chi connectivity index (χ0) is 10.5. The van der Waals surface area contributed by atoms with E-state index < -0.39 is 0 Å². The van der Waals surface area contributed by atoms with E-state index in [0.29, 0.717) is 0 Å². The molecule has 1 saturated heterocycles. The van der Waals surface area contributed by atoms with Crippen LogP contribution in [-0.4, -0.2) is 18.9 Å². The molecule has 1 aromatic rings. The fourth-order valence-electron chi connectivity index (χ4n) is 2.22. The molecule has 1 aliphatic heterocycles. The van der Waals surface area contributed by atoms with E-state index in [9.17, 15) is 4.79 Å². The Bertz CT molecular complexity index is 310. The Labute approximate surface area is 90.9 Å². The second kappa shape index (κ2) is 4.96. The normalized spacial score (nSPS) is 22.1. The fourth-order valence-corrected chi connectivity index (χ4v) is 2.22. The maximum absolute atomic E-state index is 11.1. The van der Waals surface area contributed by atoms with Crippen LogP contribution in [0.5, 0.6) is 0 Å². The third-order valence-electron chi connectivity index (χ3n) is 3.04. The van der Waals surface area contributed by atoms with Crippen molar-refractivity contribution in [3.63, 3.8) is 0 Å². The van der Waals surface area contributed by atoms with Gasteiger partial charge in [-0.25, -0.2) is 0 Å². The highest BCUT2D eigenvalue weighted by Gasteiger charge is 2.19. The summed E-state index contributed by atoms with van der Waals surface area (Å²) in [5.41, 5.74) is 1.18. The zero-order valence-electron chi connectivity index (χ0n) is 8.93. The smallest absolute Gasteiger partial charge is 0.142 e. The number of anilines is 1. The van der Waals surface area contributed by atoms with Crippen LogP contribution in [0.2, 0.25) is 0 Å². The summed E-state index contributed by atoms with van der Waals surface area (Å²) < 4.78 is 0. The van der Waals surface area contributed by atoms with E-state index in [2.05, 4.69) is 17.0 Å². The van der Waals surface area contributed by atoms with Crippen LogP contribution in [0.25, 0.3) is 0 Å². The van der Waals surface area contributed by atoms with Crippen molar-refractivity contribution >= 4 is 12.0 Å². The molecule has 1 aliphatic rings. The Morgan fingerprint density at radius 1 is 1.13 bits per heavy atom. The minimum Gasteiger partial charge on any atom is -0.362 e. The van der Waals surface area contributed by atoms with Gasteiger partial charge in [0.25, 0.3) is 0 Å². The predicted octanol–water partition coefficient (Wildman–Crippen LogP) is 2.63. The summed E-state index contributed by atoms with van der Waals surface area (Å²) in [5, 5.41) is 0. The van der Waals surface area contributed by atoms with Crippen molar-refractivity contribution in [3.05, 3.63) is 30.3 Å². The van der Waals surface area contributed by atoms with Crippen LogP contribution in [0.4, 0.5) is 5.69 Å². The first-order valence-electron chi connectivity index (χ1n) is 5.69. The number of para-hydroxylation sites is 1.